The molecule has 0 aromatic carbocycles. The Labute approximate surface area is 73.1 Å². The van der Waals surface area contributed by atoms with Crippen LogP contribution in [0.1, 0.15) is 5.82 Å². The standard InChI is InChI=1S/C5H7BrN2O2S/c1-11(9,10)3-5-7-2-4(6)8-5/h2H,3H2,1H3,(H,7,8). The SMILES string of the molecule is CS(=O)(=O)Cc1ncc(Br)[nH]1. The van der Waals surface area contributed by atoms with E-state index in [0.717, 1.165) is 0 Å². The van der Waals surface area contributed by atoms with Crippen molar-refractivity contribution in [3.05, 3.63) is 16.6 Å². The average molecular weight is 239 g/mol. The monoisotopic (exact) mass is 238 g/mol. The lowest BCUT2D eigenvalue weighted by atomic mass is 10.7. The Balaban J connectivity index is 2.81. The summed E-state index contributed by atoms with van der Waals surface area (Å²) in [6.07, 6.45) is 2.70. The lowest BCUT2D eigenvalue weighted by Crippen LogP contribution is -2.01. The molecule has 0 bridgehead atoms. The Hall–Kier alpha value is -0.360. The Bertz CT molecular complexity index is 343. The maximum atomic E-state index is 10.7. The number of H-pyrrole nitrogens is 1. The number of aromatic amines is 1. The van der Waals surface area contributed by atoms with E-state index in [-0.39, 0.29) is 5.75 Å². The molecule has 6 heteroatoms. The summed E-state index contributed by atoms with van der Waals surface area (Å²) in [7, 11) is -2.98. The zero-order valence-electron chi connectivity index (χ0n) is 5.83. The highest BCUT2D eigenvalue weighted by Crippen LogP contribution is 2.06. The number of hydrogen-bond acceptors (Lipinski definition) is 3. The van der Waals surface area contributed by atoms with Crippen LogP contribution in [0, 0.1) is 0 Å². The molecule has 1 aromatic rings. The minimum Gasteiger partial charge on any atom is -0.336 e. The van der Waals surface area contributed by atoms with Crippen molar-refractivity contribution in [2.24, 2.45) is 0 Å². The van der Waals surface area contributed by atoms with Crippen LogP contribution in [0.15, 0.2) is 10.8 Å². The van der Waals surface area contributed by atoms with Crippen LogP contribution in [0.25, 0.3) is 0 Å². The molecule has 0 saturated carbocycles. The maximum Gasteiger partial charge on any atom is 0.154 e. The third-order valence-corrected chi connectivity index (χ3v) is 2.20. The van der Waals surface area contributed by atoms with Gasteiger partial charge in [-0.05, 0) is 15.9 Å². The van der Waals surface area contributed by atoms with Gasteiger partial charge in [0, 0.05) is 6.26 Å². The number of nitrogens with zero attached hydrogens (tertiary/aromatic N) is 1. The van der Waals surface area contributed by atoms with Crippen molar-refractivity contribution >= 4 is 25.8 Å². The van der Waals surface area contributed by atoms with Crippen LogP contribution in [0.4, 0.5) is 0 Å². The molecule has 0 spiro atoms. The van der Waals surface area contributed by atoms with Crippen molar-refractivity contribution in [2.75, 3.05) is 6.26 Å². The fourth-order valence-electron chi connectivity index (χ4n) is 0.659. The van der Waals surface area contributed by atoms with Gasteiger partial charge < -0.3 is 4.98 Å². The predicted molar refractivity (Wildman–Crippen MR) is 44.8 cm³/mol. The molecule has 62 valence electrons. The Morgan fingerprint density at radius 2 is 2.36 bits per heavy atom. The normalized spacial score (nSPS) is 11.8. The molecule has 1 N–H and O–H groups in total. The topological polar surface area (TPSA) is 62.8 Å². The van der Waals surface area contributed by atoms with Gasteiger partial charge in [0.1, 0.15) is 16.2 Å². The van der Waals surface area contributed by atoms with Crippen LogP contribution in [0.3, 0.4) is 0 Å². The van der Waals surface area contributed by atoms with Gasteiger partial charge in [-0.15, -0.1) is 0 Å². The second-order valence-electron chi connectivity index (χ2n) is 2.25. The number of rotatable bonds is 2. The minimum absolute atomic E-state index is 0.0431. The van der Waals surface area contributed by atoms with Crippen LogP contribution < -0.4 is 0 Å². The van der Waals surface area contributed by atoms with Crippen LogP contribution in [-0.4, -0.2) is 24.6 Å². The van der Waals surface area contributed by atoms with E-state index in [1.165, 1.54) is 12.5 Å². The van der Waals surface area contributed by atoms with Gasteiger partial charge >= 0.3 is 0 Å². The summed E-state index contributed by atoms with van der Waals surface area (Å²) in [6, 6.07) is 0. The molecule has 0 aliphatic carbocycles. The number of sulfone groups is 1. The summed E-state index contributed by atoms with van der Waals surface area (Å²) >= 11 is 3.13. The third kappa shape index (κ3) is 3.02. The van der Waals surface area contributed by atoms with Crippen LogP contribution in [0.5, 0.6) is 0 Å². The summed E-state index contributed by atoms with van der Waals surface area (Å²) in [4.78, 5) is 6.58. The number of imidazole rings is 1. The average Bonchev–Trinajstić information content (AvgIpc) is 2.10. The summed E-state index contributed by atoms with van der Waals surface area (Å²) in [5.74, 6) is 0.415. The molecule has 11 heavy (non-hydrogen) atoms. The number of halogens is 1. The summed E-state index contributed by atoms with van der Waals surface area (Å²) < 4.78 is 22.2. The van der Waals surface area contributed by atoms with Gasteiger partial charge in [0.25, 0.3) is 0 Å². The fraction of sp³-hybridized carbons (Fsp3) is 0.400. The van der Waals surface area contributed by atoms with E-state index in [1.54, 1.807) is 0 Å². The van der Waals surface area contributed by atoms with E-state index < -0.39 is 9.84 Å². The molecule has 0 radical (unpaired) electrons. The van der Waals surface area contributed by atoms with E-state index in [4.69, 9.17) is 0 Å². The summed E-state index contributed by atoms with van der Waals surface area (Å²) in [5.41, 5.74) is 0. The highest BCUT2D eigenvalue weighted by Gasteiger charge is 2.06. The zero-order valence-corrected chi connectivity index (χ0v) is 8.24. The molecule has 0 unspecified atom stereocenters. The molecule has 0 amide bonds. The first-order chi connectivity index (χ1) is 4.97. The number of nitrogens with one attached hydrogen (secondary N) is 1. The van der Waals surface area contributed by atoms with Gasteiger partial charge in [0.2, 0.25) is 0 Å². The third-order valence-electron chi connectivity index (χ3n) is 0.996. The second-order valence-corrected chi connectivity index (χ2v) is 5.24. The molecule has 0 aliphatic rings. The Morgan fingerprint density at radius 1 is 1.73 bits per heavy atom. The lowest BCUT2D eigenvalue weighted by Gasteiger charge is -1.91. The van der Waals surface area contributed by atoms with Crippen LogP contribution in [-0.2, 0) is 15.6 Å². The Morgan fingerprint density at radius 3 is 2.73 bits per heavy atom. The number of hydrogen-bond donors (Lipinski definition) is 1. The minimum atomic E-state index is -2.98. The molecular formula is C5H7BrN2O2S. The highest BCUT2D eigenvalue weighted by molar-refractivity contribution is 9.10. The van der Waals surface area contributed by atoms with Gasteiger partial charge in [0.15, 0.2) is 9.84 Å². The van der Waals surface area contributed by atoms with Crippen molar-refractivity contribution in [3.63, 3.8) is 0 Å². The first kappa shape index (κ1) is 8.73. The van der Waals surface area contributed by atoms with Crippen LogP contribution >= 0.6 is 15.9 Å². The first-order valence-electron chi connectivity index (χ1n) is 2.84. The molecule has 0 fully saturated rings. The predicted octanol–water partition coefficient (Wildman–Crippen LogP) is 0.717. The summed E-state index contributed by atoms with van der Waals surface area (Å²) in [6.45, 7) is 0. The summed E-state index contributed by atoms with van der Waals surface area (Å²) in [5, 5.41) is 0. The molecule has 1 rings (SSSR count). The highest BCUT2D eigenvalue weighted by atomic mass is 79.9. The van der Waals surface area contributed by atoms with Gasteiger partial charge in [0.05, 0.1) is 6.20 Å². The van der Waals surface area contributed by atoms with Crippen molar-refractivity contribution in [3.8, 4) is 0 Å². The molecular weight excluding hydrogens is 232 g/mol. The molecule has 0 saturated heterocycles. The molecule has 0 aliphatic heterocycles. The van der Waals surface area contributed by atoms with Crippen molar-refractivity contribution in [1.29, 1.82) is 0 Å². The van der Waals surface area contributed by atoms with E-state index in [0.29, 0.717) is 10.4 Å². The fourth-order valence-corrected chi connectivity index (χ4v) is 1.63. The lowest BCUT2D eigenvalue weighted by molar-refractivity contribution is 0.600. The van der Waals surface area contributed by atoms with Gasteiger partial charge in [-0.1, -0.05) is 0 Å². The van der Waals surface area contributed by atoms with E-state index in [9.17, 15) is 8.42 Å². The van der Waals surface area contributed by atoms with Gasteiger partial charge in [-0.3, -0.25) is 0 Å². The first-order valence-corrected chi connectivity index (χ1v) is 5.70. The zero-order chi connectivity index (χ0) is 8.48. The molecule has 4 nitrogen and oxygen atoms in total. The molecule has 0 atom stereocenters. The Kier molecular flexibility index (Phi) is 2.34. The van der Waals surface area contributed by atoms with Crippen molar-refractivity contribution in [2.45, 2.75) is 5.75 Å². The van der Waals surface area contributed by atoms with Crippen LogP contribution in [0.2, 0.25) is 0 Å². The van der Waals surface area contributed by atoms with Crippen molar-refractivity contribution in [1.82, 2.24) is 9.97 Å². The largest absolute Gasteiger partial charge is 0.336 e. The van der Waals surface area contributed by atoms with E-state index in [2.05, 4.69) is 25.9 Å². The smallest absolute Gasteiger partial charge is 0.154 e. The second kappa shape index (κ2) is 2.94. The maximum absolute atomic E-state index is 10.7. The molecule has 1 heterocycles. The molecule has 1 aromatic heterocycles. The van der Waals surface area contributed by atoms with Crippen molar-refractivity contribution < 1.29 is 8.42 Å². The van der Waals surface area contributed by atoms with Gasteiger partial charge in [-0.2, -0.15) is 0 Å². The number of aromatic nitrogens is 2. The van der Waals surface area contributed by atoms with E-state index in [1.807, 2.05) is 0 Å². The van der Waals surface area contributed by atoms with Gasteiger partial charge in [-0.25, -0.2) is 13.4 Å². The van der Waals surface area contributed by atoms with E-state index >= 15 is 0 Å². The quantitative estimate of drug-likeness (QED) is 0.826.